The first-order valence-electron chi connectivity index (χ1n) is 24.5. The average molecular weight is 1000 g/mol. The Balaban J connectivity index is 0.00000153. The van der Waals surface area contributed by atoms with Crippen LogP contribution in [0, 0.1) is 35.5 Å². The monoisotopic (exact) mass is 1000 g/mol. The summed E-state index contributed by atoms with van der Waals surface area (Å²) in [4.78, 5) is 5.44. The van der Waals surface area contributed by atoms with Gasteiger partial charge >= 0.3 is 32.3 Å². The van der Waals surface area contributed by atoms with E-state index in [-0.39, 0.29) is 56.1 Å². The summed E-state index contributed by atoms with van der Waals surface area (Å²) in [6, 6.07) is 32.2. The molecule has 1 aromatic heterocycles. The van der Waals surface area contributed by atoms with Crippen molar-refractivity contribution < 1.29 is 33.1 Å². The van der Waals surface area contributed by atoms with Gasteiger partial charge in [-0.05, 0) is 191 Å². The Morgan fingerprint density at radius 1 is 0.444 bits per heavy atom. The van der Waals surface area contributed by atoms with Gasteiger partial charge in [-0.25, -0.2) is 4.98 Å². The molecule has 8 saturated carbocycles. The summed E-state index contributed by atoms with van der Waals surface area (Å²) in [5.41, 5.74) is 11.6. The van der Waals surface area contributed by atoms with Crippen molar-refractivity contribution in [2.45, 2.75) is 150 Å². The third-order valence-corrected chi connectivity index (χ3v) is 16.9. The third-order valence-electron chi connectivity index (χ3n) is 16.9. The molecule has 0 saturated heterocycles. The van der Waals surface area contributed by atoms with Gasteiger partial charge in [-0.1, -0.05) is 132 Å². The number of pyridine rings is 1. The minimum atomic E-state index is -0.101. The molecule has 0 amide bonds. The van der Waals surface area contributed by atoms with Crippen molar-refractivity contribution in [2.75, 3.05) is 0 Å². The fourth-order valence-electron chi connectivity index (χ4n) is 14.8. The Hall–Kier alpha value is -3.50. The molecular weight excluding hydrogens is 933 g/mol. The summed E-state index contributed by atoms with van der Waals surface area (Å²) >= 11 is 0.0833. The van der Waals surface area contributed by atoms with Gasteiger partial charge in [0.05, 0.1) is 11.4 Å². The SMILES string of the molecule is CC(C)(C)c1cc(-c2ccccc2-c2cccc(-c3ccccc3-c3cc(C(C)(C)C)cc(C45CC6CC(CC(C6)C4)C5)c3[O-])n2)c([O-])c(C23CC4CC(CC(C4)C2)C3)c1.[CH3][Hf+2][CH3]. The first-order chi connectivity index (χ1) is 30.1. The van der Waals surface area contributed by atoms with Crippen LogP contribution in [0.15, 0.2) is 91.0 Å². The van der Waals surface area contributed by atoms with Gasteiger partial charge in [0, 0.05) is 11.1 Å². The van der Waals surface area contributed by atoms with E-state index in [1.165, 1.54) is 88.2 Å². The molecule has 0 radical (unpaired) electrons. The summed E-state index contributed by atoms with van der Waals surface area (Å²) in [5.74, 6) is 5.00. The van der Waals surface area contributed by atoms with Crippen molar-refractivity contribution in [3.05, 3.63) is 113 Å². The zero-order valence-electron chi connectivity index (χ0n) is 39.4. The van der Waals surface area contributed by atoms with Crippen molar-refractivity contribution in [3.63, 3.8) is 0 Å². The quantitative estimate of drug-likeness (QED) is 0.159. The molecule has 1 heterocycles. The molecule has 0 spiro atoms. The van der Waals surface area contributed by atoms with Crippen LogP contribution in [0.2, 0.25) is 9.36 Å². The summed E-state index contributed by atoms with van der Waals surface area (Å²) < 4.78 is 4.64. The molecule has 4 aromatic carbocycles. The Bertz CT molecular complexity index is 2290. The molecule has 63 heavy (non-hydrogen) atoms. The second-order valence-electron chi connectivity index (χ2n) is 23.7. The zero-order valence-corrected chi connectivity index (χ0v) is 43.0. The van der Waals surface area contributed by atoms with Crippen molar-refractivity contribution in [3.8, 4) is 56.3 Å². The van der Waals surface area contributed by atoms with Gasteiger partial charge in [0.1, 0.15) is 0 Å². The first kappa shape index (κ1) is 43.4. The number of benzene rings is 4. The second kappa shape index (κ2) is 16.1. The van der Waals surface area contributed by atoms with Crippen LogP contribution in [0.4, 0.5) is 0 Å². The maximum atomic E-state index is 15.1. The van der Waals surface area contributed by atoms with Crippen LogP contribution in [-0.2, 0) is 44.6 Å². The van der Waals surface area contributed by atoms with Gasteiger partial charge in [0.25, 0.3) is 0 Å². The molecule has 4 heteroatoms. The van der Waals surface area contributed by atoms with Gasteiger partial charge in [-0.3, -0.25) is 0 Å². The predicted molar refractivity (Wildman–Crippen MR) is 254 cm³/mol. The fourth-order valence-corrected chi connectivity index (χ4v) is 14.8. The normalized spacial score (nSPS) is 29.0. The van der Waals surface area contributed by atoms with E-state index in [0.717, 1.165) is 91.4 Å². The minimum absolute atomic E-state index is 0.00106. The number of rotatable bonds is 6. The molecule has 3 nitrogen and oxygen atoms in total. The topological polar surface area (TPSA) is 59.0 Å². The molecule has 8 fully saturated rings. The van der Waals surface area contributed by atoms with Crippen LogP contribution >= 0.6 is 0 Å². The molecule has 0 unspecified atom stereocenters. The van der Waals surface area contributed by atoms with Crippen molar-refractivity contribution in [1.82, 2.24) is 4.98 Å². The standard InChI is InChI=1S/C57H65NO2.2CH3.Hf/c1-54(2,3)40-24-46(52(59)48(26-40)56-28-34-18-35(29-56)20-36(19-34)30-56)42-12-7-9-14-44(42)50-16-11-17-51(58-50)45-15-10-8-13-43(45)47-25-41(55(4,5)6)27-49(53(47)60)57-31-37-21-38(32-57)23-39(22-37)33-57;;;/h7-17,24-27,34-39,59-60H,18-23,28-33H2,1-6H3;2*1H3;/q;;;+2/p-2. The Morgan fingerprint density at radius 2 is 0.746 bits per heavy atom. The summed E-state index contributed by atoms with van der Waals surface area (Å²) in [5, 5.41) is 30.3. The molecule has 8 bridgehead atoms. The van der Waals surface area contributed by atoms with Gasteiger partial charge in [0.15, 0.2) is 0 Å². The van der Waals surface area contributed by atoms with Gasteiger partial charge < -0.3 is 10.2 Å². The molecule has 8 aliphatic rings. The maximum absolute atomic E-state index is 15.1. The number of nitrogens with zero attached hydrogens (tertiary/aromatic N) is 1. The van der Waals surface area contributed by atoms with Crippen molar-refractivity contribution in [1.29, 1.82) is 0 Å². The first-order valence-corrected chi connectivity index (χ1v) is 31.7. The van der Waals surface area contributed by atoms with Crippen LogP contribution in [0.3, 0.4) is 0 Å². The molecule has 0 N–H and O–H groups in total. The number of aromatic nitrogens is 1. The van der Waals surface area contributed by atoms with E-state index >= 15 is 10.2 Å². The van der Waals surface area contributed by atoms with Gasteiger partial charge in [-0.2, -0.15) is 0 Å². The summed E-state index contributed by atoms with van der Waals surface area (Å²) in [6.07, 6.45) is 15.1. The molecule has 5 aromatic rings. The van der Waals surface area contributed by atoms with E-state index in [0.29, 0.717) is 0 Å². The summed E-state index contributed by atoms with van der Waals surface area (Å²) in [7, 11) is 0. The molecule has 0 atom stereocenters. The fraction of sp³-hybridized carbons (Fsp3) is 0.508. The van der Waals surface area contributed by atoms with E-state index in [1.54, 1.807) is 0 Å². The summed E-state index contributed by atoms with van der Waals surface area (Å²) in [6.45, 7) is 13.7. The number of hydrogen-bond donors (Lipinski definition) is 0. The van der Waals surface area contributed by atoms with E-state index in [2.05, 4.69) is 142 Å². The van der Waals surface area contributed by atoms with Gasteiger partial charge in [0.2, 0.25) is 0 Å². The Labute approximate surface area is 390 Å². The number of hydrogen-bond acceptors (Lipinski definition) is 3. The molecular formula is C59H69HfNO2. The molecule has 326 valence electrons. The Kier molecular flexibility index (Phi) is 11.1. The van der Waals surface area contributed by atoms with Crippen LogP contribution in [0.5, 0.6) is 11.5 Å². The van der Waals surface area contributed by atoms with Crippen LogP contribution in [0.25, 0.3) is 44.8 Å². The second-order valence-corrected chi connectivity index (χ2v) is 27.3. The molecule has 8 aliphatic carbocycles. The molecule has 13 rings (SSSR count). The Morgan fingerprint density at radius 3 is 1.05 bits per heavy atom. The van der Waals surface area contributed by atoms with Crippen LogP contribution in [-0.4, -0.2) is 4.98 Å². The van der Waals surface area contributed by atoms with Gasteiger partial charge in [-0.15, -0.1) is 0 Å². The third kappa shape index (κ3) is 7.82. The van der Waals surface area contributed by atoms with E-state index in [1.807, 2.05) is 0 Å². The predicted octanol–water partition coefficient (Wildman–Crippen LogP) is 14.6. The average Bonchev–Trinajstić information content (AvgIpc) is 3.22. The zero-order chi connectivity index (χ0) is 44.1. The van der Waals surface area contributed by atoms with E-state index in [4.69, 9.17) is 4.98 Å². The van der Waals surface area contributed by atoms with E-state index < -0.39 is 0 Å². The molecule has 0 aliphatic heterocycles. The van der Waals surface area contributed by atoms with Crippen molar-refractivity contribution >= 4 is 0 Å². The van der Waals surface area contributed by atoms with E-state index in [9.17, 15) is 0 Å². The van der Waals surface area contributed by atoms with Crippen molar-refractivity contribution in [2.24, 2.45) is 35.5 Å². The van der Waals surface area contributed by atoms with Crippen LogP contribution < -0.4 is 10.2 Å². The van der Waals surface area contributed by atoms with Crippen LogP contribution in [0.1, 0.15) is 141 Å².